The van der Waals surface area contributed by atoms with Crippen molar-refractivity contribution in [2.45, 2.75) is 18.5 Å². The van der Waals surface area contributed by atoms with Crippen LogP contribution < -0.4 is 9.47 Å². The highest BCUT2D eigenvalue weighted by atomic mass is 16.5. The molecule has 0 bridgehead atoms. The van der Waals surface area contributed by atoms with Gasteiger partial charge in [0.25, 0.3) is 5.91 Å². The Morgan fingerprint density at radius 2 is 1.73 bits per heavy atom. The third kappa shape index (κ3) is 3.72. The Labute approximate surface area is 214 Å². The molecule has 0 spiro atoms. The molecular formula is C29H26N4O4. The van der Waals surface area contributed by atoms with Gasteiger partial charge in [-0.2, -0.15) is 5.10 Å². The fraction of sp³-hybridized carbons (Fsp3) is 0.207. The van der Waals surface area contributed by atoms with Crippen LogP contribution in [0.3, 0.4) is 0 Å². The van der Waals surface area contributed by atoms with Crippen molar-refractivity contribution in [3.8, 4) is 11.5 Å². The molecule has 6 rings (SSSR count). The Morgan fingerprint density at radius 1 is 0.946 bits per heavy atom. The van der Waals surface area contributed by atoms with Crippen molar-refractivity contribution in [3.63, 3.8) is 0 Å². The van der Waals surface area contributed by atoms with E-state index in [0.29, 0.717) is 23.5 Å². The maximum Gasteiger partial charge on any atom is 0.266 e. The number of methoxy groups -OCH3 is 2. The lowest BCUT2D eigenvalue weighted by molar-refractivity contribution is -0.158. The van der Waals surface area contributed by atoms with Gasteiger partial charge in [-0.15, -0.1) is 0 Å². The van der Waals surface area contributed by atoms with Crippen molar-refractivity contribution < 1.29 is 19.1 Å². The topological polar surface area (TPSA) is 87.2 Å². The maximum atomic E-state index is 13.8. The number of aromatic amines is 1. The van der Waals surface area contributed by atoms with Crippen molar-refractivity contribution in [3.05, 3.63) is 95.2 Å². The van der Waals surface area contributed by atoms with E-state index in [4.69, 9.17) is 9.47 Å². The highest BCUT2D eigenvalue weighted by molar-refractivity contribution is 5.98. The van der Waals surface area contributed by atoms with E-state index in [-0.39, 0.29) is 24.4 Å². The molecule has 0 radical (unpaired) electrons. The average molecular weight is 495 g/mol. The van der Waals surface area contributed by atoms with Crippen molar-refractivity contribution in [1.29, 1.82) is 0 Å². The largest absolute Gasteiger partial charge is 0.493 e. The molecule has 4 aromatic rings. The van der Waals surface area contributed by atoms with Gasteiger partial charge in [0, 0.05) is 28.6 Å². The Kier molecular flexibility index (Phi) is 5.64. The third-order valence-corrected chi connectivity index (χ3v) is 7.13. The Balaban J connectivity index is 1.40. The number of carbonyl (C=O) groups excluding carboxylic acids is 2. The number of fused-ring (bicyclic) bond motifs is 4. The number of H-pyrrole nitrogens is 1. The average Bonchev–Trinajstić information content (AvgIpc) is 3.31. The summed E-state index contributed by atoms with van der Waals surface area (Å²) in [6.07, 6.45) is 1.96. The number of para-hydroxylation sites is 2. The normalized spacial score (nSPS) is 19.3. The van der Waals surface area contributed by atoms with Gasteiger partial charge < -0.3 is 19.4 Å². The van der Waals surface area contributed by atoms with Gasteiger partial charge in [0.15, 0.2) is 11.5 Å². The van der Waals surface area contributed by atoms with Crippen LogP contribution in [0.2, 0.25) is 0 Å². The van der Waals surface area contributed by atoms with E-state index in [2.05, 4.69) is 16.2 Å². The number of piperazine rings is 1. The van der Waals surface area contributed by atoms with Crippen LogP contribution in [0.15, 0.2) is 77.9 Å². The summed E-state index contributed by atoms with van der Waals surface area (Å²) >= 11 is 0. The number of amides is 2. The monoisotopic (exact) mass is 494 g/mol. The molecule has 0 saturated carbocycles. The fourth-order valence-corrected chi connectivity index (χ4v) is 5.47. The summed E-state index contributed by atoms with van der Waals surface area (Å²) in [5.74, 6) is 0.701. The molecule has 1 aromatic heterocycles. The summed E-state index contributed by atoms with van der Waals surface area (Å²) in [5.41, 5.74) is 4.62. The van der Waals surface area contributed by atoms with E-state index in [9.17, 15) is 9.59 Å². The quantitative estimate of drug-likeness (QED) is 0.426. The number of benzene rings is 3. The van der Waals surface area contributed by atoms with E-state index in [1.54, 1.807) is 25.2 Å². The van der Waals surface area contributed by atoms with Gasteiger partial charge in [-0.05, 0) is 29.3 Å². The summed E-state index contributed by atoms with van der Waals surface area (Å²) in [4.78, 5) is 32.7. The van der Waals surface area contributed by atoms with Crippen LogP contribution in [0, 0.1) is 0 Å². The predicted octanol–water partition coefficient (Wildman–Crippen LogP) is 3.90. The molecule has 1 fully saturated rings. The van der Waals surface area contributed by atoms with Gasteiger partial charge in [-0.3, -0.25) is 9.59 Å². The van der Waals surface area contributed by atoms with Crippen LogP contribution in [0.5, 0.6) is 11.5 Å². The number of hydrazone groups is 1. The first-order valence-electron chi connectivity index (χ1n) is 12.1. The zero-order chi connectivity index (χ0) is 25.5. The number of hydrogen-bond acceptors (Lipinski definition) is 5. The number of carbonyl (C=O) groups is 2. The van der Waals surface area contributed by atoms with Gasteiger partial charge in [0.1, 0.15) is 12.6 Å². The number of aromatic nitrogens is 1. The number of rotatable bonds is 5. The van der Waals surface area contributed by atoms with Crippen molar-refractivity contribution in [1.82, 2.24) is 14.9 Å². The molecule has 8 heteroatoms. The molecule has 186 valence electrons. The van der Waals surface area contributed by atoms with Crippen LogP contribution in [0.1, 0.15) is 28.4 Å². The number of nitrogens with one attached hydrogen (secondary N) is 1. The molecule has 2 atom stereocenters. The van der Waals surface area contributed by atoms with Gasteiger partial charge in [0.2, 0.25) is 5.91 Å². The van der Waals surface area contributed by atoms with Crippen molar-refractivity contribution >= 4 is 28.9 Å². The van der Waals surface area contributed by atoms with Crippen LogP contribution in [-0.4, -0.2) is 59.7 Å². The van der Waals surface area contributed by atoms with Crippen LogP contribution >= 0.6 is 0 Å². The maximum absolute atomic E-state index is 13.8. The molecule has 37 heavy (non-hydrogen) atoms. The molecule has 1 saturated heterocycles. The molecule has 2 aliphatic rings. The lowest BCUT2D eigenvalue weighted by Gasteiger charge is -2.45. The van der Waals surface area contributed by atoms with Crippen LogP contribution in [0.25, 0.3) is 10.9 Å². The molecule has 2 aliphatic heterocycles. The smallest absolute Gasteiger partial charge is 0.266 e. The van der Waals surface area contributed by atoms with Crippen molar-refractivity contribution in [2.75, 3.05) is 20.8 Å². The van der Waals surface area contributed by atoms with Gasteiger partial charge in [-0.1, -0.05) is 54.6 Å². The zero-order valence-electron chi connectivity index (χ0n) is 20.5. The minimum atomic E-state index is -0.664. The molecular weight excluding hydrogens is 468 g/mol. The summed E-state index contributed by atoms with van der Waals surface area (Å²) in [7, 11) is 3.11. The molecule has 8 nitrogen and oxygen atoms in total. The lowest BCUT2D eigenvalue weighted by atomic mass is 9.86. The molecule has 1 N–H and O–H groups in total. The first-order chi connectivity index (χ1) is 18.1. The zero-order valence-corrected chi connectivity index (χ0v) is 20.5. The molecule has 3 aromatic carbocycles. The van der Waals surface area contributed by atoms with Crippen molar-refractivity contribution in [2.24, 2.45) is 5.10 Å². The van der Waals surface area contributed by atoms with E-state index >= 15 is 0 Å². The van der Waals surface area contributed by atoms with Crippen LogP contribution in [-0.2, 0) is 16.0 Å². The first kappa shape index (κ1) is 22.8. The summed E-state index contributed by atoms with van der Waals surface area (Å²) in [5, 5.41) is 6.77. The lowest BCUT2D eigenvalue weighted by Crippen LogP contribution is -2.61. The Hall–Kier alpha value is -4.59. The van der Waals surface area contributed by atoms with E-state index < -0.39 is 6.04 Å². The van der Waals surface area contributed by atoms with Gasteiger partial charge >= 0.3 is 0 Å². The number of hydrogen-bond donors (Lipinski definition) is 1. The minimum absolute atomic E-state index is 0.142. The van der Waals surface area contributed by atoms with E-state index in [1.165, 1.54) is 11.2 Å². The predicted molar refractivity (Wildman–Crippen MR) is 140 cm³/mol. The third-order valence-electron chi connectivity index (χ3n) is 7.13. The fourth-order valence-electron chi connectivity index (χ4n) is 5.47. The highest BCUT2D eigenvalue weighted by Gasteiger charge is 2.48. The number of nitrogens with zero attached hydrogens (tertiary/aromatic N) is 3. The van der Waals surface area contributed by atoms with Gasteiger partial charge in [-0.25, -0.2) is 5.01 Å². The molecule has 3 heterocycles. The summed E-state index contributed by atoms with van der Waals surface area (Å²) < 4.78 is 10.8. The second-order valence-electron chi connectivity index (χ2n) is 9.12. The second-order valence-corrected chi connectivity index (χ2v) is 9.12. The first-order valence-corrected chi connectivity index (χ1v) is 12.1. The van der Waals surface area contributed by atoms with Gasteiger partial charge in [0.05, 0.1) is 26.5 Å². The standard InChI is InChI=1S/C29H26N4O4/c1-36-24-14-8-11-19(28(24)37-2)16-30-32-17-25(34)33-23(29(32)35)15-21-20-12-6-7-13-22(20)31-26(21)27(33)18-9-4-3-5-10-18/h3-14,16,23,27,31H,15,17H2,1-2H3. The van der Waals surface area contributed by atoms with E-state index in [1.807, 2.05) is 60.7 Å². The Bertz CT molecular complexity index is 1530. The molecule has 0 aliphatic carbocycles. The molecule has 2 amide bonds. The number of ether oxygens (including phenoxy) is 2. The Morgan fingerprint density at radius 3 is 2.51 bits per heavy atom. The SMILES string of the molecule is COc1cccc(C=NN2CC(=O)N3C(Cc4c([nH]c5ccccc45)C3c3ccccc3)C2=O)c1OC. The minimum Gasteiger partial charge on any atom is -0.493 e. The highest BCUT2D eigenvalue weighted by Crippen LogP contribution is 2.42. The summed E-state index contributed by atoms with van der Waals surface area (Å²) in [6.45, 7) is -0.142. The van der Waals surface area contributed by atoms with Crippen LogP contribution in [0.4, 0.5) is 0 Å². The summed E-state index contributed by atoms with van der Waals surface area (Å²) in [6, 6.07) is 22.3. The second kappa shape index (κ2) is 9.13. The van der Waals surface area contributed by atoms with E-state index in [0.717, 1.165) is 27.7 Å². The molecule has 2 unspecified atom stereocenters.